The van der Waals surface area contributed by atoms with Gasteiger partial charge in [-0.25, -0.2) is 4.79 Å². The fraction of sp³-hybridized carbons (Fsp3) is 0.286. The third kappa shape index (κ3) is 5.14. The number of anilines is 2. The van der Waals surface area contributed by atoms with Crippen molar-refractivity contribution in [3.63, 3.8) is 0 Å². The Kier molecular flexibility index (Phi) is 6.87. The van der Waals surface area contributed by atoms with Crippen molar-refractivity contribution in [3.05, 3.63) is 58.6 Å². The van der Waals surface area contributed by atoms with E-state index in [1.165, 1.54) is 0 Å². The van der Waals surface area contributed by atoms with Crippen LogP contribution in [0.3, 0.4) is 0 Å². The first-order chi connectivity index (χ1) is 14.0. The molecule has 1 aliphatic heterocycles. The van der Waals surface area contributed by atoms with Crippen LogP contribution >= 0.6 is 15.9 Å². The number of likely N-dealkylation sites (tertiary alicyclic amines) is 1. The second-order valence-electron chi connectivity index (χ2n) is 6.54. The van der Waals surface area contributed by atoms with Crippen LogP contribution in [0, 0.1) is 0 Å². The molecule has 1 saturated heterocycles. The summed E-state index contributed by atoms with van der Waals surface area (Å²) in [5.41, 5.74) is 1.35. The van der Waals surface area contributed by atoms with Gasteiger partial charge in [0.2, 0.25) is 5.91 Å². The van der Waals surface area contributed by atoms with E-state index >= 15 is 0 Å². The zero-order valence-corrected chi connectivity index (χ0v) is 17.6. The number of benzene rings is 2. The molecule has 2 aromatic rings. The van der Waals surface area contributed by atoms with Gasteiger partial charge in [-0.15, -0.1) is 0 Å². The first-order valence-corrected chi connectivity index (χ1v) is 10.2. The van der Waals surface area contributed by atoms with Crippen LogP contribution in [-0.4, -0.2) is 42.0 Å². The van der Waals surface area contributed by atoms with Crippen molar-refractivity contribution < 1.29 is 19.1 Å². The maximum absolute atomic E-state index is 13.2. The molecule has 0 spiro atoms. The number of hydrogen-bond donors (Lipinski definition) is 2. The maximum atomic E-state index is 13.2. The lowest BCUT2D eigenvalue weighted by Crippen LogP contribution is -2.43. The standard InChI is InChI=1S/C21H22BrN3O4/c1-2-29-21(28)24-17-7-4-3-6-16(17)20(27)25-13-5-8-18(25)19(26)23-15-11-9-14(22)10-12-15/h3-4,6-7,9-12,18H,2,5,8,13H2,1H3,(H,23,26)(H,24,28). The van der Waals surface area contributed by atoms with E-state index < -0.39 is 12.1 Å². The Morgan fingerprint density at radius 3 is 2.55 bits per heavy atom. The largest absolute Gasteiger partial charge is 0.450 e. The molecule has 0 aromatic heterocycles. The number of carbonyl (C=O) groups excluding carboxylic acids is 3. The fourth-order valence-corrected chi connectivity index (χ4v) is 3.52. The summed E-state index contributed by atoms with van der Waals surface area (Å²) in [5, 5.41) is 5.46. The van der Waals surface area contributed by atoms with E-state index in [1.807, 2.05) is 12.1 Å². The molecule has 1 heterocycles. The topological polar surface area (TPSA) is 87.7 Å². The summed E-state index contributed by atoms with van der Waals surface area (Å²) in [5.74, 6) is -0.528. The Balaban J connectivity index is 1.75. The monoisotopic (exact) mass is 459 g/mol. The van der Waals surface area contributed by atoms with Crippen molar-refractivity contribution in [3.8, 4) is 0 Å². The van der Waals surface area contributed by atoms with E-state index in [4.69, 9.17) is 4.74 Å². The minimum atomic E-state index is -0.626. The van der Waals surface area contributed by atoms with Crippen LogP contribution in [0.1, 0.15) is 30.1 Å². The molecular formula is C21H22BrN3O4. The number of halogens is 1. The normalized spacial score (nSPS) is 15.7. The number of rotatable bonds is 5. The molecule has 1 fully saturated rings. The summed E-state index contributed by atoms with van der Waals surface area (Å²) in [6, 6.07) is 13.4. The van der Waals surface area contributed by atoms with Gasteiger partial charge in [-0.2, -0.15) is 0 Å². The highest BCUT2D eigenvalue weighted by Crippen LogP contribution is 2.25. The van der Waals surface area contributed by atoms with E-state index in [0.717, 1.165) is 10.9 Å². The van der Waals surface area contributed by atoms with Crippen LogP contribution in [0.25, 0.3) is 0 Å². The fourth-order valence-electron chi connectivity index (χ4n) is 3.25. The first-order valence-electron chi connectivity index (χ1n) is 9.39. The number of carbonyl (C=O) groups is 3. The van der Waals surface area contributed by atoms with E-state index in [0.29, 0.717) is 29.9 Å². The molecular weight excluding hydrogens is 438 g/mol. The van der Waals surface area contributed by atoms with Gasteiger partial charge in [0.1, 0.15) is 6.04 Å². The molecule has 1 unspecified atom stereocenters. The summed E-state index contributed by atoms with van der Waals surface area (Å²) in [6.45, 7) is 2.41. The van der Waals surface area contributed by atoms with Crippen LogP contribution in [0.2, 0.25) is 0 Å². The molecule has 3 rings (SSSR count). The molecule has 2 aromatic carbocycles. The van der Waals surface area contributed by atoms with Crippen molar-refractivity contribution in [2.24, 2.45) is 0 Å². The number of amides is 3. The van der Waals surface area contributed by atoms with Crippen molar-refractivity contribution in [1.82, 2.24) is 4.90 Å². The predicted octanol–water partition coefficient (Wildman–Crippen LogP) is 4.26. The predicted molar refractivity (Wildman–Crippen MR) is 114 cm³/mol. The van der Waals surface area contributed by atoms with Gasteiger partial charge < -0.3 is 15.0 Å². The van der Waals surface area contributed by atoms with Gasteiger partial charge in [0.05, 0.1) is 17.9 Å². The van der Waals surface area contributed by atoms with E-state index in [1.54, 1.807) is 48.2 Å². The van der Waals surface area contributed by atoms with Crippen molar-refractivity contribution in [2.45, 2.75) is 25.8 Å². The van der Waals surface area contributed by atoms with E-state index in [9.17, 15) is 14.4 Å². The average Bonchev–Trinajstić information content (AvgIpc) is 3.20. The van der Waals surface area contributed by atoms with E-state index in [-0.39, 0.29) is 18.4 Å². The quantitative estimate of drug-likeness (QED) is 0.698. The molecule has 1 atom stereocenters. The minimum Gasteiger partial charge on any atom is -0.450 e. The van der Waals surface area contributed by atoms with Crippen molar-refractivity contribution in [1.29, 1.82) is 0 Å². The van der Waals surface area contributed by atoms with Crippen LogP contribution < -0.4 is 10.6 Å². The zero-order chi connectivity index (χ0) is 20.8. The van der Waals surface area contributed by atoms with Gasteiger partial charge in [0.15, 0.2) is 0 Å². The second-order valence-corrected chi connectivity index (χ2v) is 7.46. The highest BCUT2D eigenvalue weighted by molar-refractivity contribution is 9.10. The Hall–Kier alpha value is -2.87. The number of nitrogens with one attached hydrogen (secondary N) is 2. The summed E-state index contributed by atoms with van der Waals surface area (Å²) < 4.78 is 5.81. The Morgan fingerprint density at radius 2 is 1.83 bits per heavy atom. The van der Waals surface area contributed by atoms with Crippen LogP contribution in [-0.2, 0) is 9.53 Å². The second kappa shape index (κ2) is 9.56. The third-order valence-corrected chi connectivity index (χ3v) is 5.13. The molecule has 152 valence electrons. The highest BCUT2D eigenvalue weighted by Gasteiger charge is 2.35. The minimum absolute atomic E-state index is 0.228. The number of para-hydroxylation sites is 1. The summed E-state index contributed by atoms with van der Waals surface area (Å²) in [7, 11) is 0. The molecule has 29 heavy (non-hydrogen) atoms. The Labute approximate surface area is 177 Å². The lowest BCUT2D eigenvalue weighted by Gasteiger charge is -2.25. The smallest absolute Gasteiger partial charge is 0.411 e. The zero-order valence-electron chi connectivity index (χ0n) is 16.0. The summed E-state index contributed by atoms with van der Waals surface area (Å²) >= 11 is 3.36. The summed E-state index contributed by atoms with van der Waals surface area (Å²) in [4.78, 5) is 39.3. The lowest BCUT2D eigenvalue weighted by atomic mass is 10.1. The third-order valence-electron chi connectivity index (χ3n) is 4.60. The summed E-state index contributed by atoms with van der Waals surface area (Å²) in [6.07, 6.45) is 0.692. The van der Waals surface area contributed by atoms with E-state index in [2.05, 4.69) is 26.6 Å². The molecule has 0 aliphatic carbocycles. The molecule has 1 aliphatic rings. The Bertz CT molecular complexity index is 901. The lowest BCUT2D eigenvalue weighted by molar-refractivity contribution is -0.119. The molecule has 0 radical (unpaired) electrons. The molecule has 3 amide bonds. The van der Waals surface area contributed by atoms with Gasteiger partial charge in [-0.1, -0.05) is 28.1 Å². The highest BCUT2D eigenvalue weighted by atomic mass is 79.9. The molecule has 0 saturated carbocycles. The van der Waals surface area contributed by atoms with Crippen LogP contribution in [0.5, 0.6) is 0 Å². The van der Waals surface area contributed by atoms with Gasteiger partial charge >= 0.3 is 6.09 Å². The number of hydrogen-bond acceptors (Lipinski definition) is 4. The molecule has 7 nitrogen and oxygen atoms in total. The molecule has 0 bridgehead atoms. The average molecular weight is 460 g/mol. The number of nitrogens with zero attached hydrogens (tertiary/aromatic N) is 1. The van der Waals surface area contributed by atoms with Gasteiger partial charge in [-0.05, 0) is 56.2 Å². The first kappa shape index (κ1) is 20.9. The van der Waals surface area contributed by atoms with Crippen LogP contribution in [0.15, 0.2) is 53.0 Å². The number of ether oxygens (including phenoxy) is 1. The Morgan fingerprint density at radius 1 is 1.10 bits per heavy atom. The van der Waals surface area contributed by atoms with Gasteiger partial charge in [0, 0.05) is 16.7 Å². The maximum Gasteiger partial charge on any atom is 0.411 e. The van der Waals surface area contributed by atoms with Crippen LogP contribution in [0.4, 0.5) is 16.2 Å². The van der Waals surface area contributed by atoms with Gasteiger partial charge in [0.25, 0.3) is 5.91 Å². The van der Waals surface area contributed by atoms with Crippen molar-refractivity contribution in [2.75, 3.05) is 23.8 Å². The molecule has 2 N–H and O–H groups in total. The van der Waals surface area contributed by atoms with Crippen molar-refractivity contribution >= 4 is 45.2 Å². The van der Waals surface area contributed by atoms with Gasteiger partial charge in [-0.3, -0.25) is 14.9 Å². The SMILES string of the molecule is CCOC(=O)Nc1ccccc1C(=O)N1CCCC1C(=O)Nc1ccc(Br)cc1. The molecule has 8 heteroatoms.